The Balaban J connectivity index is 3.02. The van der Waals surface area contributed by atoms with Crippen LogP contribution >= 0.6 is 0 Å². The van der Waals surface area contributed by atoms with Gasteiger partial charge in [0.25, 0.3) is 0 Å². The normalized spacial score (nSPS) is 12.1. The monoisotopic (exact) mass is 226 g/mol. The summed E-state index contributed by atoms with van der Waals surface area (Å²) in [5.74, 6) is -1.77. The van der Waals surface area contributed by atoms with Gasteiger partial charge in [-0.3, -0.25) is 14.9 Å². The maximum absolute atomic E-state index is 10.5. The van der Waals surface area contributed by atoms with Crippen molar-refractivity contribution in [3.63, 3.8) is 0 Å². The van der Waals surface area contributed by atoms with Crippen LogP contribution < -0.4 is 5.73 Å². The first-order valence-electron chi connectivity index (χ1n) is 4.37. The third kappa shape index (κ3) is 2.45. The highest BCUT2D eigenvalue weighted by atomic mass is 16.6. The Hall–Kier alpha value is -2.15. The van der Waals surface area contributed by atoms with Gasteiger partial charge in [-0.25, -0.2) is 0 Å². The topological polar surface area (TPSA) is 127 Å². The Bertz CT molecular complexity index is 432. The largest absolute Gasteiger partial charge is 0.502 e. The van der Waals surface area contributed by atoms with Crippen LogP contribution in [0.3, 0.4) is 0 Å². The average molecular weight is 226 g/mol. The molecule has 0 fully saturated rings. The Labute approximate surface area is 90.3 Å². The molecule has 0 bridgehead atoms. The number of aromatic hydroxyl groups is 1. The average Bonchev–Trinajstić information content (AvgIpc) is 2.20. The molecule has 86 valence electrons. The summed E-state index contributed by atoms with van der Waals surface area (Å²) in [6, 6.07) is 2.69. The zero-order valence-electron chi connectivity index (χ0n) is 8.16. The molecule has 1 rings (SSSR count). The van der Waals surface area contributed by atoms with E-state index < -0.39 is 28.4 Å². The van der Waals surface area contributed by atoms with Crippen LogP contribution in [0.25, 0.3) is 0 Å². The van der Waals surface area contributed by atoms with E-state index in [1.807, 2.05) is 0 Å². The van der Waals surface area contributed by atoms with Crippen molar-refractivity contribution in [1.29, 1.82) is 0 Å². The lowest BCUT2D eigenvalue weighted by atomic mass is 10.0. The fourth-order valence-electron chi connectivity index (χ4n) is 1.21. The third-order valence-corrected chi connectivity index (χ3v) is 2.05. The Morgan fingerprint density at radius 3 is 2.69 bits per heavy atom. The molecule has 16 heavy (non-hydrogen) atoms. The maximum Gasteiger partial charge on any atom is 0.320 e. The molecule has 0 unspecified atom stereocenters. The zero-order chi connectivity index (χ0) is 12.3. The lowest BCUT2D eigenvalue weighted by Crippen LogP contribution is -2.32. The molecule has 1 atom stereocenters. The van der Waals surface area contributed by atoms with Gasteiger partial charge in [0.1, 0.15) is 6.04 Å². The number of carboxylic acids is 1. The van der Waals surface area contributed by atoms with E-state index in [2.05, 4.69) is 0 Å². The number of nitrogens with two attached hydrogens (primary N) is 1. The molecule has 7 nitrogen and oxygen atoms in total. The first-order chi connectivity index (χ1) is 7.43. The molecule has 0 aliphatic carbocycles. The molecule has 0 saturated heterocycles. The Morgan fingerprint density at radius 2 is 2.19 bits per heavy atom. The van der Waals surface area contributed by atoms with Crippen LogP contribution in [0.4, 0.5) is 5.69 Å². The summed E-state index contributed by atoms with van der Waals surface area (Å²) < 4.78 is 0. The highest BCUT2D eigenvalue weighted by Crippen LogP contribution is 2.29. The van der Waals surface area contributed by atoms with E-state index in [4.69, 9.17) is 10.8 Å². The molecule has 1 aromatic carbocycles. The van der Waals surface area contributed by atoms with Crippen molar-refractivity contribution in [3.05, 3.63) is 33.9 Å². The van der Waals surface area contributed by atoms with Crippen LogP contribution in [0.1, 0.15) is 5.56 Å². The number of nitro groups is 1. The molecular formula is C9H10N2O5. The number of phenols is 1. The third-order valence-electron chi connectivity index (χ3n) is 2.05. The van der Waals surface area contributed by atoms with Crippen molar-refractivity contribution in [1.82, 2.24) is 0 Å². The van der Waals surface area contributed by atoms with E-state index >= 15 is 0 Å². The standard InChI is InChI=1S/C9H10N2O5/c10-6(9(13)14)4-5-2-1-3-7(8(5)12)11(15)16/h1-3,6,12H,4,10H2,(H,13,14)/t6-/m1/s1. The second kappa shape index (κ2) is 4.58. The molecule has 0 spiro atoms. The molecule has 7 heteroatoms. The minimum absolute atomic E-state index is 0.143. The van der Waals surface area contributed by atoms with Gasteiger partial charge in [0.05, 0.1) is 4.92 Å². The fourth-order valence-corrected chi connectivity index (χ4v) is 1.21. The lowest BCUT2D eigenvalue weighted by Gasteiger charge is -2.07. The quantitative estimate of drug-likeness (QED) is 0.499. The van der Waals surface area contributed by atoms with Gasteiger partial charge in [-0.2, -0.15) is 0 Å². The highest BCUT2D eigenvalue weighted by Gasteiger charge is 2.20. The van der Waals surface area contributed by atoms with Gasteiger partial charge >= 0.3 is 11.7 Å². The molecule has 4 N–H and O–H groups in total. The summed E-state index contributed by atoms with van der Waals surface area (Å²) in [6.45, 7) is 0. The Morgan fingerprint density at radius 1 is 1.56 bits per heavy atom. The van der Waals surface area contributed by atoms with Crippen LogP contribution in [0, 0.1) is 10.1 Å². The summed E-state index contributed by atoms with van der Waals surface area (Å²) in [5.41, 5.74) is 4.94. The van der Waals surface area contributed by atoms with E-state index in [1.165, 1.54) is 12.1 Å². The zero-order valence-corrected chi connectivity index (χ0v) is 8.16. The Kier molecular flexibility index (Phi) is 3.41. The predicted molar refractivity (Wildman–Crippen MR) is 54.1 cm³/mol. The first kappa shape index (κ1) is 11.9. The predicted octanol–water partition coefficient (Wildman–Crippen LogP) is 0.255. The molecule has 0 aliphatic rings. The van der Waals surface area contributed by atoms with Gasteiger partial charge < -0.3 is 15.9 Å². The van der Waals surface area contributed by atoms with Gasteiger partial charge in [-0.15, -0.1) is 0 Å². The summed E-state index contributed by atoms with van der Waals surface area (Å²) in [7, 11) is 0. The molecule has 1 aromatic rings. The van der Waals surface area contributed by atoms with E-state index in [1.54, 1.807) is 0 Å². The van der Waals surface area contributed by atoms with Crippen LogP contribution in [0.2, 0.25) is 0 Å². The summed E-state index contributed by atoms with van der Waals surface area (Å²) in [6.07, 6.45) is -0.164. The van der Waals surface area contributed by atoms with Crippen molar-refractivity contribution in [2.24, 2.45) is 5.73 Å². The molecule has 0 saturated carbocycles. The number of hydrogen-bond acceptors (Lipinski definition) is 5. The van der Waals surface area contributed by atoms with Crippen LogP contribution in [-0.4, -0.2) is 27.1 Å². The van der Waals surface area contributed by atoms with Gasteiger partial charge in [-0.05, 0) is 0 Å². The van der Waals surface area contributed by atoms with Crippen molar-refractivity contribution >= 4 is 11.7 Å². The number of nitro benzene ring substituents is 1. The molecule has 0 radical (unpaired) electrons. The molecule has 0 heterocycles. The van der Waals surface area contributed by atoms with Gasteiger partial charge in [0.2, 0.25) is 0 Å². The van der Waals surface area contributed by atoms with E-state index in [9.17, 15) is 20.0 Å². The van der Waals surface area contributed by atoms with Gasteiger partial charge in [0, 0.05) is 18.1 Å². The first-order valence-corrected chi connectivity index (χ1v) is 4.37. The number of carbonyl (C=O) groups is 1. The number of benzene rings is 1. The lowest BCUT2D eigenvalue weighted by molar-refractivity contribution is -0.385. The summed E-state index contributed by atoms with van der Waals surface area (Å²) >= 11 is 0. The van der Waals surface area contributed by atoms with Crippen LogP contribution in [-0.2, 0) is 11.2 Å². The van der Waals surface area contributed by atoms with Crippen molar-refractivity contribution < 1.29 is 19.9 Å². The second-order valence-corrected chi connectivity index (χ2v) is 3.19. The number of para-hydroxylation sites is 1. The van der Waals surface area contributed by atoms with Gasteiger partial charge in [-0.1, -0.05) is 12.1 Å². The summed E-state index contributed by atoms with van der Waals surface area (Å²) in [5, 5.41) is 28.6. The number of carboxylic acid groups (broad SMARTS) is 1. The molecule has 0 aromatic heterocycles. The van der Waals surface area contributed by atoms with E-state index in [-0.39, 0.29) is 12.0 Å². The SMILES string of the molecule is N[C@H](Cc1cccc([N+](=O)[O-])c1O)C(=O)O. The second-order valence-electron chi connectivity index (χ2n) is 3.19. The van der Waals surface area contributed by atoms with Crippen molar-refractivity contribution in [2.75, 3.05) is 0 Å². The highest BCUT2D eigenvalue weighted by molar-refractivity contribution is 5.73. The van der Waals surface area contributed by atoms with Crippen molar-refractivity contribution in [2.45, 2.75) is 12.5 Å². The minimum atomic E-state index is -1.23. The summed E-state index contributed by atoms with van der Waals surface area (Å²) in [4.78, 5) is 20.2. The number of nitrogens with zero attached hydrogens (tertiary/aromatic N) is 1. The van der Waals surface area contributed by atoms with Crippen LogP contribution in [0.15, 0.2) is 18.2 Å². The maximum atomic E-state index is 10.5. The van der Waals surface area contributed by atoms with E-state index in [0.717, 1.165) is 6.07 Å². The number of hydrogen-bond donors (Lipinski definition) is 3. The molecule has 0 aliphatic heterocycles. The van der Waals surface area contributed by atoms with Crippen LogP contribution in [0.5, 0.6) is 5.75 Å². The van der Waals surface area contributed by atoms with Gasteiger partial charge in [0.15, 0.2) is 5.75 Å². The molecular weight excluding hydrogens is 216 g/mol. The van der Waals surface area contributed by atoms with Crippen molar-refractivity contribution in [3.8, 4) is 5.75 Å². The smallest absolute Gasteiger partial charge is 0.320 e. The number of phenolic OH excluding ortho intramolecular Hbond substituents is 1. The number of aliphatic carboxylic acids is 1. The molecule has 0 amide bonds. The van der Waals surface area contributed by atoms with E-state index in [0.29, 0.717) is 0 Å². The minimum Gasteiger partial charge on any atom is -0.502 e. The fraction of sp³-hybridized carbons (Fsp3) is 0.222. The number of rotatable bonds is 4.